The summed E-state index contributed by atoms with van der Waals surface area (Å²) in [6, 6.07) is 8.64. The summed E-state index contributed by atoms with van der Waals surface area (Å²) < 4.78 is 21.5. The number of hydrogen-bond donors (Lipinski definition) is 0. The SMILES string of the molecule is CCCCC(CC)COC(=O)c1cc2c3cc(OCC(CC)CCCC)c(OCC(CC)CCCC)cc3c3ccsc3c2s1. The molecule has 3 atom stereocenters. The van der Waals surface area contributed by atoms with Gasteiger partial charge in [-0.2, -0.15) is 0 Å². The van der Waals surface area contributed by atoms with Gasteiger partial charge < -0.3 is 14.2 Å². The van der Waals surface area contributed by atoms with Gasteiger partial charge in [0.2, 0.25) is 0 Å². The summed E-state index contributed by atoms with van der Waals surface area (Å²) in [4.78, 5) is 14.0. The standard InChI is InChI=1S/C39H56O4S2/c1-7-13-16-27(10-4)24-41-34-21-31-30-19-20-44-37(30)38-33(32(31)22-35(34)42-25-28(11-5)17-14-8-2)23-36(45-38)39(40)43-26-29(12-6)18-15-9-3/h19-23,27-29H,7-18,24-26H2,1-6H3. The third-order valence-electron chi connectivity index (χ3n) is 9.50. The molecule has 4 aromatic rings. The molecule has 2 aromatic carbocycles. The Kier molecular flexibility index (Phi) is 14.3. The molecule has 6 heteroatoms. The van der Waals surface area contributed by atoms with Crippen LogP contribution in [0.1, 0.15) is 128 Å². The first-order valence-corrected chi connectivity index (χ1v) is 19.5. The van der Waals surface area contributed by atoms with E-state index in [0.29, 0.717) is 42.5 Å². The van der Waals surface area contributed by atoms with Crippen molar-refractivity contribution in [3.63, 3.8) is 0 Å². The summed E-state index contributed by atoms with van der Waals surface area (Å²) >= 11 is 3.30. The third kappa shape index (κ3) is 9.16. The molecule has 248 valence electrons. The molecule has 0 radical (unpaired) electrons. The summed E-state index contributed by atoms with van der Waals surface area (Å²) in [7, 11) is 0. The molecule has 2 heterocycles. The van der Waals surface area contributed by atoms with Crippen LogP contribution >= 0.6 is 22.7 Å². The van der Waals surface area contributed by atoms with Crippen molar-refractivity contribution in [3.05, 3.63) is 34.5 Å². The zero-order valence-corrected chi connectivity index (χ0v) is 30.3. The van der Waals surface area contributed by atoms with Crippen LogP contribution in [0.3, 0.4) is 0 Å². The zero-order valence-electron chi connectivity index (χ0n) is 28.7. The second kappa shape index (κ2) is 18.1. The number of hydrogen-bond acceptors (Lipinski definition) is 6. The Labute approximate surface area is 279 Å². The Morgan fingerprint density at radius 3 is 1.67 bits per heavy atom. The summed E-state index contributed by atoms with van der Waals surface area (Å²) in [5.74, 6) is 2.92. The van der Waals surface area contributed by atoms with E-state index >= 15 is 0 Å². The Bertz CT molecular complexity index is 1490. The fourth-order valence-corrected chi connectivity index (χ4v) is 8.31. The molecule has 0 saturated carbocycles. The van der Waals surface area contributed by atoms with Crippen LogP contribution in [-0.4, -0.2) is 25.8 Å². The van der Waals surface area contributed by atoms with E-state index in [1.807, 2.05) is 0 Å². The minimum absolute atomic E-state index is 0.208. The van der Waals surface area contributed by atoms with Gasteiger partial charge in [0.05, 0.1) is 29.2 Å². The van der Waals surface area contributed by atoms with E-state index in [4.69, 9.17) is 14.2 Å². The maximum Gasteiger partial charge on any atom is 0.348 e. The predicted molar refractivity (Wildman–Crippen MR) is 196 cm³/mol. The van der Waals surface area contributed by atoms with Crippen molar-refractivity contribution >= 4 is 59.6 Å². The first kappa shape index (κ1) is 35.5. The summed E-state index contributed by atoms with van der Waals surface area (Å²) in [6.07, 6.45) is 13.9. The first-order chi connectivity index (χ1) is 22.0. The van der Waals surface area contributed by atoms with E-state index in [2.05, 4.69) is 71.2 Å². The molecular formula is C39H56O4S2. The van der Waals surface area contributed by atoms with Crippen molar-refractivity contribution in [2.75, 3.05) is 19.8 Å². The number of fused-ring (bicyclic) bond motifs is 6. The Balaban J connectivity index is 1.72. The monoisotopic (exact) mass is 652 g/mol. The quantitative estimate of drug-likeness (QED) is 0.0840. The molecular weight excluding hydrogens is 597 g/mol. The van der Waals surface area contributed by atoms with Crippen molar-refractivity contribution in [1.29, 1.82) is 0 Å². The van der Waals surface area contributed by atoms with E-state index in [-0.39, 0.29) is 5.97 Å². The smallest absolute Gasteiger partial charge is 0.348 e. The van der Waals surface area contributed by atoms with Gasteiger partial charge in [-0.3, -0.25) is 0 Å². The van der Waals surface area contributed by atoms with Crippen LogP contribution in [0.15, 0.2) is 29.6 Å². The highest BCUT2D eigenvalue weighted by atomic mass is 32.1. The van der Waals surface area contributed by atoms with Crippen LogP contribution in [0.25, 0.3) is 30.9 Å². The van der Waals surface area contributed by atoms with Crippen molar-refractivity contribution in [2.45, 2.75) is 119 Å². The molecule has 0 fully saturated rings. The molecule has 4 nitrogen and oxygen atoms in total. The molecule has 0 aliphatic rings. The van der Waals surface area contributed by atoms with Crippen LogP contribution in [0.4, 0.5) is 0 Å². The lowest BCUT2D eigenvalue weighted by Gasteiger charge is -2.21. The van der Waals surface area contributed by atoms with Crippen molar-refractivity contribution < 1.29 is 19.0 Å². The second-order valence-corrected chi connectivity index (χ2v) is 14.8. The largest absolute Gasteiger partial charge is 0.489 e. The number of esters is 1. The van der Waals surface area contributed by atoms with Gasteiger partial charge in [0.25, 0.3) is 0 Å². The van der Waals surface area contributed by atoms with Crippen molar-refractivity contribution in [1.82, 2.24) is 0 Å². The fourth-order valence-electron chi connectivity index (χ4n) is 6.16. The average molecular weight is 653 g/mol. The number of ether oxygens (including phenoxy) is 3. The zero-order chi connectivity index (χ0) is 32.2. The van der Waals surface area contributed by atoms with Crippen LogP contribution in [0, 0.1) is 17.8 Å². The molecule has 2 aromatic heterocycles. The van der Waals surface area contributed by atoms with Gasteiger partial charge in [-0.05, 0) is 77.4 Å². The van der Waals surface area contributed by atoms with Gasteiger partial charge in [0.1, 0.15) is 4.88 Å². The lowest BCUT2D eigenvalue weighted by molar-refractivity contribution is 0.0434. The number of rotatable bonds is 21. The number of thiophene rings is 2. The lowest BCUT2D eigenvalue weighted by atomic mass is 10.00. The summed E-state index contributed by atoms with van der Waals surface area (Å²) in [6.45, 7) is 15.3. The van der Waals surface area contributed by atoms with Gasteiger partial charge in [-0.1, -0.05) is 99.3 Å². The van der Waals surface area contributed by atoms with Crippen molar-refractivity contribution in [3.8, 4) is 11.5 Å². The molecule has 0 spiro atoms. The Morgan fingerprint density at radius 1 is 0.644 bits per heavy atom. The van der Waals surface area contributed by atoms with Gasteiger partial charge in [0.15, 0.2) is 11.5 Å². The van der Waals surface area contributed by atoms with Gasteiger partial charge in [0, 0.05) is 10.8 Å². The number of carbonyl (C=O) groups excluding carboxylic acids is 1. The molecule has 0 aliphatic carbocycles. The summed E-state index contributed by atoms with van der Waals surface area (Å²) in [5, 5.41) is 6.73. The molecule has 3 unspecified atom stereocenters. The van der Waals surface area contributed by atoms with Crippen LogP contribution in [0.2, 0.25) is 0 Å². The number of unbranched alkanes of at least 4 members (excludes halogenated alkanes) is 3. The average Bonchev–Trinajstić information content (AvgIpc) is 3.73. The molecule has 0 bridgehead atoms. The third-order valence-corrected chi connectivity index (χ3v) is 11.7. The van der Waals surface area contributed by atoms with E-state index < -0.39 is 0 Å². The minimum Gasteiger partial charge on any atom is -0.489 e. The summed E-state index contributed by atoms with van der Waals surface area (Å²) in [5.41, 5.74) is 0. The Morgan fingerprint density at radius 2 is 1.16 bits per heavy atom. The molecule has 45 heavy (non-hydrogen) atoms. The van der Waals surface area contributed by atoms with E-state index in [0.717, 1.165) is 58.0 Å². The molecule has 0 N–H and O–H groups in total. The van der Waals surface area contributed by atoms with E-state index in [9.17, 15) is 4.79 Å². The highest BCUT2D eigenvalue weighted by Crippen LogP contribution is 2.46. The predicted octanol–water partition coefficient (Wildman–Crippen LogP) is 12.8. The maximum atomic E-state index is 13.3. The molecule has 0 aliphatic heterocycles. The topological polar surface area (TPSA) is 44.8 Å². The highest BCUT2D eigenvalue weighted by Gasteiger charge is 2.21. The minimum atomic E-state index is -0.208. The number of carbonyl (C=O) groups is 1. The van der Waals surface area contributed by atoms with Crippen LogP contribution in [-0.2, 0) is 4.74 Å². The molecule has 4 rings (SSSR count). The maximum absolute atomic E-state index is 13.3. The first-order valence-electron chi connectivity index (χ1n) is 17.8. The second-order valence-electron chi connectivity index (χ2n) is 12.8. The Hall–Kier alpha value is -2.31. The van der Waals surface area contributed by atoms with Gasteiger partial charge in [-0.15, -0.1) is 22.7 Å². The fraction of sp³-hybridized carbons (Fsp3) is 0.615. The highest BCUT2D eigenvalue weighted by molar-refractivity contribution is 7.27. The number of benzene rings is 2. The normalized spacial score (nSPS) is 13.8. The van der Waals surface area contributed by atoms with Crippen LogP contribution < -0.4 is 9.47 Å². The van der Waals surface area contributed by atoms with Crippen molar-refractivity contribution in [2.24, 2.45) is 17.8 Å². The molecule has 0 saturated heterocycles. The molecule has 0 amide bonds. The van der Waals surface area contributed by atoms with E-state index in [1.54, 1.807) is 22.7 Å². The van der Waals surface area contributed by atoms with E-state index in [1.165, 1.54) is 61.5 Å². The van der Waals surface area contributed by atoms with Gasteiger partial charge in [-0.25, -0.2) is 4.79 Å². The lowest BCUT2D eigenvalue weighted by Crippen LogP contribution is -2.14. The van der Waals surface area contributed by atoms with Gasteiger partial charge >= 0.3 is 5.97 Å². The van der Waals surface area contributed by atoms with Crippen LogP contribution in [0.5, 0.6) is 11.5 Å².